The van der Waals surface area contributed by atoms with Crippen LogP contribution >= 0.6 is 11.3 Å². The van der Waals surface area contributed by atoms with Gasteiger partial charge in [-0.05, 0) is 36.8 Å². The summed E-state index contributed by atoms with van der Waals surface area (Å²) in [4.78, 5) is 18.1. The maximum absolute atomic E-state index is 12.5. The Labute approximate surface area is 146 Å². The van der Waals surface area contributed by atoms with E-state index in [9.17, 15) is 4.79 Å². The predicted molar refractivity (Wildman–Crippen MR) is 95.1 cm³/mol. The van der Waals surface area contributed by atoms with Crippen molar-refractivity contribution in [2.24, 2.45) is 5.92 Å². The van der Waals surface area contributed by atoms with Crippen LogP contribution in [0.25, 0.3) is 0 Å². The molecule has 0 aromatic carbocycles. The molecule has 1 atom stereocenters. The number of carbonyl (C=O) groups excluding carboxylic acids is 1. The number of methoxy groups -OCH3 is 1. The lowest BCUT2D eigenvalue weighted by molar-refractivity contribution is 0.102. The molecular formula is C18H22N2O3S. The zero-order valence-electron chi connectivity index (χ0n) is 14.0. The van der Waals surface area contributed by atoms with Gasteiger partial charge in [0, 0.05) is 23.4 Å². The summed E-state index contributed by atoms with van der Waals surface area (Å²) in [6.07, 6.45) is 4.84. The van der Waals surface area contributed by atoms with Crippen LogP contribution in [0, 0.1) is 5.92 Å². The highest BCUT2D eigenvalue weighted by Gasteiger charge is 2.23. The number of hydrogen-bond donors (Lipinski definition) is 1. The van der Waals surface area contributed by atoms with E-state index in [-0.39, 0.29) is 5.91 Å². The third-order valence-electron chi connectivity index (χ3n) is 4.18. The number of pyridine rings is 1. The van der Waals surface area contributed by atoms with Gasteiger partial charge in [-0.2, -0.15) is 0 Å². The van der Waals surface area contributed by atoms with E-state index in [1.54, 1.807) is 36.8 Å². The minimum absolute atomic E-state index is 0.0584. The molecular weight excluding hydrogens is 324 g/mol. The van der Waals surface area contributed by atoms with Crippen molar-refractivity contribution in [3.63, 3.8) is 0 Å². The van der Waals surface area contributed by atoms with Gasteiger partial charge in [-0.25, -0.2) is 4.98 Å². The summed E-state index contributed by atoms with van der Waals surface area (Å²) in [6.45, 7) is 3.24. The normalized spacial score (nSPS) is 16.5. The van der Waals surface area contributed by atoms with Crippen molar-refractivity contribution in [2.75, 3.05) is 25.6 Å². The van der Waals surface area contributed by atoms with Crippen LogP contribution in [0.5, 0.6) is 5.88 Å². The molecule has 1 N–H and O–H groups in total. The summed E-state index contributed by atoms with van der Waals surface area (Å²) < 4.78 is 10.3. The number of hydrogen-bond acceptors (Lipinski definition) is 5. The minimum atomic E-state index is -0.0584. The average molecular weight is 346 g/mol. The second-order valence-electron chi connectivity index (χ2n) is 6.08. The Kier molecular flexibility index (Phi) is 5.48. The molecule has 0 radical (unpaired) electrons. The number of aromatic nitrogens is 1. The Balaban J connectivity index is 1.63. The molecule has 3 rings (SSSR count). The van der Waals surface area contributed by atoms with E-state index in [0.717, 1.165) is 24.8 Å². The van der Waals surface area contributed by atoms with E-state index in [0.29, 0.717) is 30.7 Å². The van der Waals surface area contributed by atoms with Crippen LogP contribution in [0.2, 0.25) is 0 Å². The van der Waals surface area contributed by atoms with Gasteiger partial charge >= 0.3 is 0 Å². The van der Waals surface area contributed by atoms with Gasteiger partial charge in [0.25, 0.3) is 5.91 Å². The number of fused-ring (bicyclic) bond motifs is 1. The minimum Gasteiger partial charge on any atom is -0.475 e. The number of anilines is 1. The highest BCUT2D eigenvalue weighted by atomic mass is 32.1. The maximum atomic E-state index is 12.5. The van der Waals surface area contributed by atoms with Gasteiger partial charge in [-0.3, -0.25) is 4.79 Å². The van der Waals surface area contributed by atoms with Crippen LogP contribution < -0.4 is 10.1 Å². The molecule has 5 nitrogen and oxygen atoms in total. The molecule has 1 amide bonds. The first-order valence-electron chi connectivity index (χ1n) is 8.15. The number of rotatable bonds is 6. The number of nitrogens with one attached hydrogen (secondary N) is 1. The Morgan fingerprint density at radius 1 is 1.42 bits per heavy atom. The van der Waals surface area contributed by atoms with E-state index in [4.69, 9.17) is 9.47 Å². The Hall–Kier alpha value is -1.92. The maximum Gasteiger partial charge on any atom is 0.256 e. The molecule has 2 aromatic heterocycles. The van der Waals surface area contributed by atoms with Crippen molar-refractivity contribution >= 4 is 22.9 Å². The lowest BCUT2D eigenvalue weighted by Gasteiger charge is -2.18. The van der Waals surface area contributed by atoms with Gasteiger partial charge in [-0.1, -0.05) is 6.92 Å². The Bertz CT molecular complexity index is 697. The SMILES string of the molecule is COCCOc1ccc(NC(=O)c2csc3c2CC[C@H](C)C3)cn1. The summed E-state index contributed by atoms with van der Waals surface area (Å²) in [6, 6.07) is 3.55. The van der Waals surface area contributed by atoms with Crippen molar-refractivity contribution in [1.82, 2.24) is 4.98 Å². The van der Waals surface area contributed by atoms with Crippen molar-refractivity contribution in [3.05, 3.63) is 39.7 Å². The zero-order valence-corrected chi connectivity index (χ0v) is 14.8. The van der Waals surface area contributed by atoms with Crippen LogP contribution in [-0.4, -0.2) is 31.2 Å². The number of ether oxygens (including phenoxy) is 2. The second-order valence-corrected chi connectivity index (χ2v) is 7.04. The van der Waals surface area contributed by atoms with Crippen LogP contribution in [0.15, 0.2) is 23.7 Å². The first-order valence-corrected chi connectivity index (χ1v) is 9.03. The third kappa shape index (κ3) is 3.94. The molecule has 6 heteroatoms. The molecule has 128 valence electrons. The largest absolute Gasteiger partial charge is 0.475 e. The number of amides is 1. The van der Waals surface area contributed by atoms with E-state index in [1.165, 1.54) is 10.4 Å². The van der Waals surface area contributed by atoms with E-state index in [2.05, 4.69) is 17.2 Å². The van der Waals surface area contributed by atoms with Gasteiger partial charge in [0.2, 0.25) is 5.88 Å². The summed E-state index contributed by atoms with van der Waals surface area (Å²) in [5.74, 6) is 1.17. The van der Waals surface area contributed by atoms with Crippen LogP contribution in [-0.2, 0) is 17.6 Å². The van der Waals surface area contributed by atoms with E-state index in [1.807, 2.05) is 5.38 Å². The van der Waals surface area contributed by atoms with Crippen LogP contribution in [0.3, 0.4) is 0 Å². The van der Waals surface area contributed by atoms with Gasteiger partial charge in [0.1, 0.15) is 6.61 Å². The number of carbonyl (C=O) groups is 1. The fourth-order valence-electron chi connectivity index (χ4n) is 2.84. The lowest BCUT2D eigenvalue weighted by atomic mass is 9.88. The topological polar surface area (TPSA) is 60.5 Å². The molecule has 0 aliphatic heterocycles. The highest BCUT2D eigenvalue weighted by Crippen LogP contribution is 2.33. The predicted octanol–water partition coefficient (Wildman–Crippen LogP) is 3.55. The quantitative estimate of drug-likeness (QED) is 0.813. The molecule has 0 saturated carbocycles. The first kappa shape index (κ1) is 16.9. The first-order chi connectivity index (χ1) is 11.7. The molecule has 0 fully saturated rings. The van der Waals surface area contributed by atoms with E-state index < -0.39 is 0 Å². The molecule has 2 heterocycles. The molecule has 24 heavy (non-hydrogen) atoms. The van der Waals surface area contributed by atoms with Gasteiger partial charge < -0.3 is 14.8 Å². The van der Waals surface area contributed by atoms with Gasteiger partial charge in [0.05, 0.1) is 24.1 Å². The summed E-state index contributed by atoms with van der Waals surface area (Å²) in [7, 11) is 1.62. The van der Waals surface area contributed by atoms with Crippen molar-refractivity contribution in [3.8, 4) is 5.88 Å². The third-order valence-corrected chi connectivity index (χ3v) is 5.23. The van der Waals surface area contributed by atoms with Crippen LogP contribution in [0.4, 0.5) is 5.69 Å². The van der Waals surface area contributed by atoms with Crippen molar-refractivity contribution < 1.29 is 14.3 Å². The monoisotopic (exact) mass is 346 g/mol. The molecule has 0 bridgehead atoms. The van der Waals surface area contributed by atoms with E-state index >= 15 is 0 Å². The molecule has 0 unspecified atom stereocenters. The molecule has 0 saturated heterocycles. The number of nitrogens with zero attached hydrogens (tertiary/aromatic N) is 1. The fourth-order valence-corrected chi connectivity index (χ4v) is 4.08. The van der Waals surface area contributed by atoms with Gasteiger partial charge in [-0.15, -0.1) is 11.3 Å². The van der Waals surface area contributed by atoms with Crippen molar-refractivity contribution in [2.45, 2.75) is 26.2 Å². The zero-order chi connectivity index (χ0) is 16.9. The van der Waals surface area contributed by atoms with Gasteiger partial charge in [0.15, 0.2) is 0 Å². The number of thiophene rings is 1. The summed E-state index contributed by atoms with van der Waals surface area (Å²) in [5, 5.41) is 4.90. The lowest BCUT2D eigenvalue weighted by Crippen LogP contribution is -2.16. The Morgan fingerprint density at radius 3 is 3.04 bits per heavy atom. The second kappa shape index (κ2) is 7.77. The highest BCUT2D eigenvalue weighted by molar-refractivity contribution is 7.10. The standard InChI is InChI=1S/C18H22N2O3S/c1-12-3-5-14-15(11-24-16(14)9-12)18(21)20-13-4-6-17(19-10-13)23-8-7-22-2/h4,6,10-12H,3,5,7-9H2,1-2H3,(H,20,21)/t12-/m0/s1. The van der Waals surface area contributed by atoms with Crippen LogP contribution in [0.1, 0.15) is 34.1 Å². The molecule has 1 aliphatic carbocycles. The fraction of sp³-hybridized carbons (Fsp3) is 0.444. The average Bonchev–Trinajstić information content (AvgIpc) is 2.99. The molecule has 2 aromatic rings. The Morgan fingerprint density at radius 2 is 2.29 bits per heavy atom. The smallest absolute Gasteiger partial charge is 0.256 e. The molecule has 1 aliphatic rings. The van der Waals surface area contributed by atoms with Crippen molar-refractivity contribution in [1.29, 1.82) is 0 Å². The summed E-state index contributed by atoms with van der Waals surface area (Å²) in [5.41, 5.74) is 2.70. The summed E-state index contributed by atoms with van der Waals surface area (Å²) >= 11 is 1.70. The molecule has 0 spiro atoms.